The molecular formula is C20H18N2O4S. The largest absolute Gasteiger partial charge is 0.462 e. The summed E-state index contributed by atoms with van der Waals surface area (Å²) in [6, 6.07) is 15.9. The van der Waals surface area contributed by atoms with Crippen LogP contribution in [-0.2, 0) is 16.1 Å². The van der Waals surface area contributed by atoms with Crippen LogP contribution in [0, 0.1) is 0 Å². The topological polar surface area (TPSA) is 77.4 Å². The number of benzene rings is 1. The van der Waals surface area contributed by atoms with E-state index in [9.17, 15) is 14.4 Å². The van der Waals surface area contributed by atoms with Crippen molar-refractivity contribution < 1.29 is 14.3 Å². The van der Waals surface area contributed by atoms with E-state index in [0.717, 1.165) is 10.4 Å². The van der Waals surface area contributed by atoms with Gasteiger partial charge in [0.2, 0.25) is 5.91 Å². The Labute approximate surface area is 160 Å². The van der Waals surface area contributed by atoms with Gasteiger partial charge in [-0.1, -0.05) is 36.4 Å². The molecule has 27 heavy (non-hydrogen) atoms. The van der Waals surface area contributed by atoms with Gasteiger partial charge in [-0.2, -0.15) is 0 Å². The quantitative estimate of drug-likeness (QED) is 0.663. The van der Waals surface area contributed by atoms with E-state index in [4.69, 9.17) is 4.74 Å². The van der Waals surface area contributed by atoms with Gasteiger partial charge >= 0.3 is 5.97 Å². The second-order valence-corrected chi connectivity index (χ2v) is 6.71. The van der Waals surface area contributed by atoms with Crippen LogP contribution in [0.4, 0.5) is 5.00 Å². The number of hydrogen-bond acceptors (Lipinski definition) is 5. The van der Waals surface area contributed by atoms with E-state index in [1.807, 2.05) is 30.3 Å². The molecule has 6 nitrogen and oxygen atoms in total. The van der Waals surface area contributed by atoms with E-state index in [1.54, 1.807) is 25.1 Å². The van der Waals surface area contributed by atoms with Gasteiger partial charge in [0.05, 0.1) is 12.2 Å². The Hall–Kier alpha value is -3.19. The number of pyridine rings is 1. The zero-order valence-corrected chi connectivity index (χ0v) is 15.5. The van der Waals surface area contributed by atoms with Crippen LogP contribution in [0.1, 0.15) is 17.3 Å². The van der Waals surface area contributed by atoms with E-state index in [2.05, 4.69) is 5.32 Å². The second-order valence-electron chi connectivity index (χ2n) is 5.65. The second kappa shape index (κ2) is 8.46. The van der Waals surface area contributed by atoms with Crippen molar-refractivity contribution in [3.05, 3.63) is 76.7 Å². The van der Waals surface area contributed by atoms with Crippen LogP contribution in [0.5, 0.6) is 0 Å². The number of thiophene rings is 1. The standard InChI is InChI=1S/C20H18N2O4S/c1-2-26-20(25)15-12-16(14-8-4-3-5-9-14)27-19(15)21-17(23)13-22-11-7-6-10-18(22)24/h3-12H,2,13H2,1H3,(H,21,23). The first-order valence-corrected chi connectivity index (χ1v) is 9.22. The minimum absolute atomic E-state index is 0.138. The Balaban J connectivity index is 1.87. The monoisotopic (exact) mass is 382 g/mol. The molecule has 3 rings (SSSR count). The number of carbonyl (C=O) groups is 2. The van der Waals surface area contributed by atoms with Gasteiger partial charge in [0.25, 0.3) is 5.56 Å². The van der Waals surface area contributed by atoms with Crippen molar-refractivity contribution in [2.75, 3.05) is 11.9 Å². The van der Waals surface area contributed by atoms with E-state index in [-0.39, 0.29) is 18.7 Å². The molecule has 2 heterocycles. The lowest BCUT2D eigenvalue weighted by Crippen LogP contribution is -2.26. The van der Waals surface area contributed by atoms with Crippen molar-refractivity contribution >= 4 is 28.2 Å². The summed E-state index contributed by atoms with van der Waals surface area (Å²) in [5, 5.41) is 3.14. The Morgan fingerprint density at radius 2 is 1.85 bits per heavy atom. The maximum absolute atomic E-state index is 12.4. The van der Waals surface area contributed by atoms with Crippen LogP contribution >= 0.6 is 11.3 Å². The van der Waals surface area contributed by atoms with Crippen LogP contribution in [0.2, 0.25) is 0 Å². The summed E-state index contributed by atoms with van der Waals surface area (Å²) in [6.45, 7) is 1.82. The number of ether oxygens (including phenoxy) is 1. The van der Waals surface area contributed by atoms with Crippen LogP contribution < -0.4 is 10.9 Å². The summed E-state index contributed by atoms with van der Waals surface area (Å²) < 4.78 is 6.39. The first kappa shape index (κ1) is 18.6. The van der Waals surface area contributed by atoms with Crippen LogP contribution in [-0.4, -0.2) is 23.1 Å². The first-order valence-electron chi connectivity index (χ1n) is 8.40. The molecular weight excluding hydrogens is 364 g/mol. The molecule has 0 atom stereocenters. The molecule has 0 bridgehead atoms. The van der Waals surface area contributed by atoms with Gasteiger partial charge in [-0.05, 0) is 24.6 Å². The molecule has 0 radical (unpaired) electrons. The molecule has 1 N–H and O–H groups in total. The lowest BCUT2D eigenvalue weighted by Gasteiger charge is -2.07. The number of hydrogen-bond donors (Lipinski definition) is 1. The first-order chi connectivity index (χ1) is 13.1. The maximum atomic E-state index is 12.4. The molecule has 0 spiro atoms. The van der Waals surface area contributed by atoms with Gasteiger partial charge < -0.3 is 14.6 Å². The van der Waals surface area contributed by atoms with Gasteiger partial charge in [0, 0.05) is 17.1 Å². The number of esters is 1. The number of rotatable bonds is 6. The van der Waals surface area contributed by atoms with Gasteiger partial charge in [0.15, 0.2) is 0 Å². The van der Waals surface area contributed by atoms with Gasteiger partial charge in [0.1, 0.15) is 11.5 Å². The van der Waals surface area contributed by atoms with Crippen molar-refractivity contribution in [3.8, 4) is 10.4 Å². The molecule has 7 heteroatoms. The molecule has 1 amide bonds. The molecule has 0 aliphatic heterocycles. The summed E-state index contributed by atoms with van der Waals surface area (Å²) in [5.41, 5.74) is 0.969. The van der Waals surface area contributed by atoms with E-state index in [1.165, 1.54) is 28.2 Å². The minimum atomic E-state index is -0.497. The van der Waals surface area contributed by atoms with E-state index < -0.39 is 11.9 Å². The molecule has 0 fully saturated rings. The number of anilines is 1. The van der Waals surface area contributed by atoms with Gasteiger partial charge in [-0.15, -0.1) is 11.3 Å². The highest BCUT2D eigenvalue weighted by Crippen LogP contribution is 2.35. The number of carbonyl (C=O) groups excluding carboxylic acids is 2. The average Bonchev–Trinajstić information content (AvgIpc) is 3.08. The summed E-state index contributed by atoms with van der Waals surface area (Å²) >= 11 is 1.29. The predicted molar refractivity (Wildman–Crippen MR) is 105 cm³/mol. The molecule has 2 aromatic heterocycles. The fraction of sp³-hybridized carbons (Fsp3) is 0.150. The Kier molecular flexibility index (Phi) is 5.83. The minimum Gasteiger partial charge on any atom is -0.462 e. The third-order valence-corrected chi connectivity index (χ3v) is 4.85. The number of aromatic nitrogens is 1. The van der Waals surface area contributed by atoms with Gasteiger partial charge in [-0.25, -0.2) is 4.79 Å². The highest BCUT2D eigenvalue weighted by Gasteiger charge is 2.20. The van der Waals surface area contributed by atoms with Gasteiger partial charge in [-0.3, -0.25) is 9.59 Å². The lowest BCUT2D eigenvalue weighted by molar-refractivity contribution is -0.116. The fourth-order valence-corrected chi connectivity index (χ4v) is 3.57. The van der Waals surface area contributed by atoms with E-state index >= 15 is 0 Å². The van der Waals surface area contributed by atoms with Crippen molar-refractivity contribution in [2.24, 2.45) is 0 Å². The Bertz CT molecular complexity index is 1010. The molecule has 3 aromatic rings. The normalized spacial score (nSPS) is 10.4. The third-order valence-electron chi connectivity index (χ3n) is 3.75. The number of amides is 1. The molecule has 0 aliphatic rings. The van der Waals surface area contributed by atoms with Crippen LogP contribution in [0.15, 0.2) is 65.6 Å². The zero-order chi connectivity index (χ0) is 19.2. The van der Waals surface area contributed by atoms with Crippen molar-refractivity contribution in [1.29, 1.82) is 0 Å². The summed E-state index contributed by atoms with van der Waals surface area (Å²) in [6.07, 6.45) is 1.54. The Morgan fingerprint density at radius 1 is 1.11 bits per heavy atom. The SMILES string of the molecule is CCOC(=O)c1cc(-c2ccccc2)sc1NC(=O)Cn1ccccc1=O. The predicted octanol–water partition coefficient (Wildman–Crippen LogP) is 3.39. The number of nitrogens with zero attached hydrogens (tertiary/aromatic N) is 1. The fourth-order valence-electron chi connectivity index (χ4n) is 2.50. The lowest BCUT2D eigenvalue weighted by atomic mass is 10.1. The highest BCUT2D eigenvalue weighted by atomic mass is 32.1. The zero-order valence-electron chi connectivity index (χ0n) is 14.7. The molecule has 0 aliphatic carbocycles. The summed E-state index contributed by atoms with van der Waals surface area (Å²) in [5.74, 6) is -0.890. The summed E-state index contributed by atoms with van der Waals surface area (Å²) in [4.78, 5) is 37.3. The molecule has 138 valence electrons. The average molecular weight is 382 g/mol. The highest BCUT2D eigenvalue weighted by molar-refractivity contribution is 7.20. The van der Waals surface area contributed by atoms with Crippen LogP contribution in [0.3, 0.4) is 0 Å². The smallest absolute Gasteiger partial charge is 0.341 e. The molecule has 0 saturated heterocycles. The van der Waals surface area contributed by atoms with Crippen molar-refractivity contribution in [2.45, 2.75) is 13.5 Å². The van der Waals surface area contributed by atoms with Crippen molar-refractivity contribution in [3.63, 3.8) is 0 Å². The summed E-state index contributed by atoms with van der Waals surface area (Å²) in [7, 11) is 0. The maximum Gasteiger partial charge on any atom is 0.341 e. The van der Waals surface area contributed by atoms with Crippen molar-refractivity contribution in [1.82, 2.24) is 4.57 Å². The number of nitrogens with one attached hydrogen (secondary N) is 1. The molecule has 0 saturated carbocycles. The van der Waals surface area contributed by atoms with Crippen LogP contribution in [0.25, 0.3) is 10.4 Å². The molecule has 0 unspecified atom stereocenters. The van der Waals surface area contributed by atoms with E-state index in [0.29, 0.717) is 10.6 Å². The Morgan fingerprint density at radius 3 is 2.56 bits per heavy atom. The molecule has 1 aromatic carbocycles. The third kappa shape index (κ3) is 4.51.